The van der Waals surface area contributed by atoms with Crippen LogP contribution in [0.2, 0.25) is 0 Å². The minimum absolute atomic E-state index is 0.380. The maximum Gasteiger partial charge on any atom is 0.0672 e. The summed E-state index contributed by atoms with van der Waals surface area (Å²) in [6.07, 6.45) is 2.09. The van der Waals surface area contributed by atoms with Crippen molar-refractivity contribution in [3.63, 3.8) is 0 Å². The van der Waals surface area contributed by atoms with Crippen LogP contribution in [-0.2, 0) is 0 Å². The predicted octanol–water partition coefficient (Wildman–Crippen LogP) is 3.33. The lowest BCUT2D eigenvalue weighted by Crippen LogP contribution is -2.00. The number of nitrogens with two attached hydrogens (primary N) is 1. The number of nitrogens with zero attached hydrogens (tertiary/aromatic N) is 2. The number of hydrogen-bond donors (Lipinski definition) is 1. The molecule has 0 saturated carbocycles. The van der Waals surface area contributed by atoms with Gasteiger partial charge in [-0.1, -0.05) is 12.1 Å². The zero-order valence-corrected chi connectivity index (χ0v) is 10.9. The third-order valence-corrected chi connectivity index (χ3v) is 3.04. The number of aryl methyl sites for hydroxylation is 2. The van der Waals surface area contributed by atoms with Crippen molar-refractivity contribution in [3.05, 3.63) is 35.7 Å². The number of benzene rings is 1. The third-order valence-electron chi connectivity index (χ3n) is 3.04. The van der Waals surface area contributed by atoms with Gasteiger partial charge in [0.05, 0.1) is 5.69 Å². The summed E-state index contributed by atoms with van der Waals surface area (Å²) in [6.45, 7) is 8.30. The molecule has 0 spiro atoms. The van der Waals surface area contributed by atoms with Gasteiger partial charge in [-0.3, -0.25) is 4.68 Å². The number of hydrogen-bond acceptors (Lipinski definition) is 2. The molecular weight excluding hydrogens is 210 g/mol. The summed E-state index contributed by atoms with van der Waals surface area (Å²) >= 11 is 0. The smallest absolute Gasteiger partial charge is 0.0672 e. The quantitative estimate of drug-likeness (QED) is 0.803. The average molecular weight is 229 g/mol. The van der Waals surface area contributed by atoms with E-state index in [9.17, 15) is 0 Å². The van der Waals surface area contributed by atoms with Crippen molar-refractivity contribution >= 4 is 5.69 Å². The Kier molecular flexibility index (Phi) is 2.92. The van der Waals surface area contributed by atoms with E-state index in [2.05, 4.69) is 37.3 Å². The Morgan fingerprint density at radius 1 is 1.24 bits per heavy atom. The van der Waals surface area contributed by atoms with Crippen molar-refractivity contribution in [1.29, 1.82) is 0 Å². The van der Waals surface area contributed by atoms with Gasteiger partial charge in [-0.05, 0) is 44.9 Å². The molecule has 1 aromatic carbocycles. The first-order valence-electron chi connectivity index (χ1n) is 5.91. The molecule has 0 aliphatic heterocycles. The molecule has 2 N–H and O–H groups in total. The first-order valence-corrected chi connectivity index (χ1v) is 5.91. The second-order valence-electron chi connectivity index (χ2n) is 4.77. The molecule has 0 radical (unpaired) electrons. The van der Waals surface area contributed by atoms with E-state index in [1.165, 1.54) is 0 Å². The zero-order valence-electron chi connectivity index (χ0n) is 10.9. The highest BCUT2D eigenvalue weighted by Gasteiger charge is 2.09. The molecule has 0 bridgehead atoms. The molecule has 1 aromatic heterocycles. The standard InChI is InChI=1S/C14H19N3/c1-9(2)17-8-13(11(4)16-17)12-6-5-10(3)14(15)7-12/h5-9H,15H2,1-4H3. The summed E-state index contributed by atoms with van der Waals surface area (Å²) in [5.41, 5.74) is 11.2. The van der Waals surface area contributed by atoms with Gasteiger partial charge in [-0.25, -0.2) is 0 Å². The van der Waals surface area contributed by atoms with E-state index in [0.717, 1.165) is 28.1 Å². The van der Waals surface area contributed by atoms with E-state index >= 15 is 0 Å². The predicted molar refractivity (Wildman–Crippen MR) is 71.9 cm³/mol. The van der Waals surface area contributed by atoms with Crippen molar-refractivity contribution < 1.29 is 0 Å². The molecule has 0 unspecified atom stereocenters. The van der Waals surface area contributed by atoms with Crippen LogP contribution in [0, 0.1) is 13.8 Å². The van der Waals surface area contributed by atoms with Crippen LogP contribution >= 0.6 is 0 Å². The Labute approximate surface area is 102 Å². The van der Waals surface area contributed by atoms with Crippen LogP contribution in [0.1, 0.15) is 31.1 Å². The zero-order chi connectivity index (χ0) is 12.6. The van der Waals surface area contributed by atoms with Crippen LogP contribution in [0.4, 0.5) is 5.69 Å². The molecule has 0 saturated heterocycles. The molecule has 2 aromatic rings. The van der Waals surface area contributed by atoms with E-state index in [1.54, 1.807) is 0 Å². The molecule has 90 valence electrons. The van der Waals surface area contributed by atoms with Gasteiger partial charge in [-0.15, -0.1) is 0 Å². The monoisotopic (exact) mass is 229 g/mol. The minimum Gasteiger partial charge on any atom is -0.398 e. The Morgan fingerprint density at radius 2 is 1.94 bits per heavy atom. The Hall–Kier alpha value is -1.77. The lowest BCUT2D eigenvalue weighted by Gasteiger charge is -2.04. The Balaban J connectivity index is 2.49. The normalized spacial score (nSPS) is 11.1. The van der Waals surface area contributed by atoms with Gasteiger partial charge < -0.3 is 5.73 Å². The van der Waals surface area contributed by atoms with Crippen LogP contribution in [-0.4, -0.2) is 9.78 Å². The van der Waals surface area contributed by atoms with E-state index in [0.29, 0.717) is 6.04 Å². The molecular formula is C14H19N3. The largest absolute Gasteiger partial charge is 0.398 e. The SMILES string of the molecule is Cc1ccc(-c2cn(C(C)C)nc2C)cc1N. The number of nitrogen functional groups attached to an aromatic ring is 1. The van der Waals surface area contributed by atoms with Crippen molar-refractivity contribution in [3.8, 4) is 11.1 Å². The second-order valence-corrected chi connectivity index (χ2v) is 4.77. The summed E-state index contributed by atoms with van der Waals surface area (Å²) < 4.78 is 1.99. The fourth-order valence-electron chi connectivity index (χ4n) is 1.84. The highest BCUT2D eigenvalue weighted by atomic mass is 15.3. The first-order chi connectivity index (χ1) is 7.99. The molecule has 0 amide bonds. The Bertz CT molecular complexity index is 538. The fourth-order valence-corrected chi connectivity index (χ4v) is 1.84. The Morgan fingerprint density at radius 3 is 2.47 bits per heavy atom. The van der Waals surface area contributed by atoms with Gasteiger partial charge in [0.2, 0.25) is 0 Å². The van der Waals surface area contributed by atoms with Gasteiger partial charge >= 0.3 is 0 Å². The van der Waals surface area contributed by atoms with Gasteiger partial charge in [0.1, 0.15) is 0 Å². The molecule has 0 fully saturated rings. The summed E-state index contributed by atoms with van der Waals surface area (Å²) in [6, 6.07) is 6.55. The number of anilines is 1. The maximum absolute atomic E-state index is 5.95. The van der Waals surface area contributed by atoms with Crippen LogP contribution in [0.15, 0.2) is 24.4 Å². The van der Waals surface area contributed by atoms with Crippen molar-refractivity contribution in [1.82, 2.24) is 9.78 Å². The summed E-state index contributed by atoms with van der Waals surface area (Å²) in [7, 11) is 0. The molecule has 1 heterocycles. The van der Waals surface area contributed by atoms with E-state index in [4.69, 9.17) is 5.73 Å². The molecule has 3 heteroatoms. The van der Waals surface area contributed by atoms with Crippen molar-refractivity contribution in [2.45, 2.75) is 33.7 Å². The summed E-state index contributed by atoms with van der Waals surface area (Å²) in [4.78, 5) is 0. The molecule has 0 aliphatic rings. The van der Waals surface area contributed by atoms with E-state index in [1.807, 2.05) is 24.6 Å². The van der Waals surface area contributed by atoms with Crippen molar-refractivity contribution in [2.24, 2.45) is 0 Å². The van der Waals surface area contributed by atoms with Gasteiger partial charge in [-0.2, -0.15) is 5.10 Å². The lowest BCUT2D eigenvalue weighted by molar-refractivity contribution is 0.529. The van der Waals surface area contributed by atoms with Crippen LogP contribution in [0.25, 0.3) is 11.1 Å². The highest BCUT2D eigenvalue weighted by molar-refractivity contribution is 5.70. The minimum atomic E-state index is 0.380. The van der Waals surface area contributed by atoms with E-state index < -0.39 is 0 Å². The maximum atomic E-state index is 5.95. The molecule has 17 heavy (non-hydrogen) atoms. The van der Waals surface area contributed by atoms with E-state index in [-0.39, 0.29) is 0 Å². The highest BCUT2D eigenvalue weighted by Crippen LogP contribution is 2.26. The molecule has 0 atom stereocenters. The summed E-state index contributed by atoms with van der Waals surface area (Å²) in [5, 5.41) is 4.51. The van der Waals surface area contributed by atoms with Gasteiger partial charge in [0, 0.05) is 23.5 Å². The molecule has 3 nitrogen and oxygen atoms in total. The fraction of sp³-hybridized carbons (Fsp3) is 0.357. The average Bonchev–Trinajstić information content (AvgIpc) is 2.65. The third kappa shape index (κ3) is 2.18. The number of aromatic nitrogens is 2. The first kappa shape index (κ1) is 11.7. The molecule has 0 aliphatic carbocycles. The van der Waals surface area contributed by atoms with Crippen LogP contribution < -0.4 is 5.73 Å². The lowest BCUT2D eigenvalue weighted by atomic mass is 10.0. The molecule has 2 rings (SSSR count). The van der Waals surface area contributed by atoms with Crippen LogP contribution in [0.3, 0.4) is 0 Å². The van der Waals surface area contributed by atoms with Gasteiger partial charge in [0.25, 0.3) is 0 Å². The second kappa shape index (κ2) is 4.24. The van der Waals surface area contributed by atoms with Crippen LogP contribution in [0.5, 0.6) is 0 Å². The topological polar surface area (TPSA) is 43.8 Å². The summed E-state index contributed by atoms with van der Waals surface area (Å²) in [5.74, 6) is 0. The number of rotatable bonds is 2. The van der Waals surface area contributed by atoms with Crippen molar-refractivity contribution in [2.75, 3.05) is 5.73 Å². The van der Waals surface area contributed by atoms with Gasteiger partial charge in [0.15, 0.2) is 0 Å².